The number of benzene rings is 1. The van der Waals surface area contributed by atoms with E-state index in [1.165, 1.54) is 0 Å². The van der Waals surface area contributed by atoms with Gasteiger partial charge in [0, 0.05) is 12.1 Å². The largest absolute Gasteiger partial charge is 0.480 e. The van der Waals surface area contributed by atoms with Gasteiger partial charge in [-0.25, -0.2) is 0 Å². The maximum atomic E-state index is 12.0. The van der Waals surface area contributed by atoms with E-state index >= 15 is 0 Å². The first-order valence-electron chi connectivity index (χ1n) is 7.09. The van der Waals surface area contributed by atoms with E-state index in [-0.39, 0.29) is 5.91 Å². The van der Waals surface area contributed by atoms with Crippen molar-refractivity contribution in [2.45, 2.75) is 40.7 Å². The minimum absolute atomic E-state index is 0.158. The topological polar surface area (TPSA) is 70.9 Å². The molecule has 21 heavy (non-hydrogen) atoms. The number of nitrogens with one attached hydrogen (secondary N) is 1. The third-order valence-corrected chi connectivity index (χ3v) is 3.03. The molecule has 0 fully saturated rings. The van der Waals surface area contributed by atoms with Crippen molar-refractivity contribution < 1.29 is 14.7 Å². The first kappa shape index (κ1) is 17.0. The van der Waals surface area contributed by atoms with Gasteiger partial charge >= 0.3 is 0 Å². The molecule has 5 heteroatoms. The number of hydrogen-bond acceptors (Lipinski definition) is 4. The van der Waals surface area contributed by atoms with Crippen LogP contribution in [0.1, 0.15) is 38.8 Å². The van der Waals surface area contributed by atoms with Crippen molar-refractivity contribution in [2.75, 3.05) is 6.54 Å². The summed E-state index contributed by atoms with van der Waals surface area (Å²) in [5.74, 6) is 0.770. The normalized spacial score (nSPS) is 13.1. The van der Waals surface area contributed by atoms with E-state index in [0.717, 1.165) is 5.56 Å². The second kappa shape index (κ2) is 7.67. The Balaban J connectivity index is 2.86. The van der Waals surface area contributed by atoms with Crippen molar-refractivity contribution in [3.63, 3.8) is 0 Å². The standard InChI is InChI=1S/C16H24N2O3/c1-10(2)9-17-16(19)13(5)21-15-8-11(3)6-7-14(15)12(4)18-20/h6-8,10,13,20H,9H2,1-5H3,(H,17,19). The van der Waals surface area contributed by atoms with Gasteiger partial charge in [-0.05, 0) is 44.4 Å². The van der Waals surface area contributed by atoms with Gasteiger partial charge in [-0.1, -0.05) is 25.1 Å². The predicted octanol–water partition coefficient (Wildman–Crippen LogP) is 2.73. The Morgan fingerprint density at radius 2 is 2.05 bits per heavy atom. The molecule has 0 aliphatic carbocycles. The van der Waals surface area contributed by atoms with Crippen LogP contribution in [0.5, 0.6) is 5.75 Å². The molecule has 2 N–H and O–H groups in total. The van der Waals surface area contributed by atoms with Crippen LogP contribution in [0.4, 0.5) is 0 Å². The molecule has 116 valence electrons. The summed E-state index contributed by atoms with van der Waals surface area (Å²) in [6.45, 7) is 10.0. The van der Waals surface area contributed by atoms with Crippen molar-refractivity contribution in [1.29, 1.82) is 0 Å². The van der Waals surface area contributed by atoms with E-state index in [1.807, 2.05) is 39.0 Å². The summed E-state index contributed by atoms with van der Waals surface area (Å²) in [7, 11) is 0. The minimum atomic E-state index is -0.615. The molecular formula is C16H24N2O3. The van der Waals surface area contributed by atoms with Crippen LogP contribution in [0, 0.1) is 12.8 Å². The van der Waals surface area contributed by atoms with E-state index in [2.05, 4.69) is 10.5 Å². The zero-order valence-electron chi connectivity index (χ0n) is 13.3. The lowest BCUT2D eigenvalue weighted by atomic mass is 10.1. The van der Waals surface area contributed by atoms with Crippen LogP contribution in [-0.2, 0) is 4.79 Å². The molecule has 5 nitrogen and oxygen atoms in total. The molecular weight excluding hydrogens is 268 g/mol. The molecule has 1 rings (SSSR count). The van der Waals surface area contributed by atoms with Crippen LogP contribution < -0.4 is 10.1 Å². The highest BCUT2D eigenvalue weighted by Crippen LogP contribution is 2.22. The number of aryl methyl sites for hydroxylation is 1. The Hall–Kier alpha value is -2.04. The van der Waals surface area contributed by atoms with E-state index in [9.17, 15) is 4.79 Å². The summed E-state index contributed by atoms with van der Waals surface area (Å²) in [4.78, 5) is 12.0. The zero-order chi connectivity index (χ0) is 16.0. The summed E-state index contributed by atoms with van der Waals surface area (Å²) < 4.78 is 5.74. The number of rotatable bonds is 6. The number of amides is 1. The van der Waals surface area contributed by atoms with Crippen LogP contribution in [-0.4, -0.2) is 29.5 Å². The summed E-state index contributed by atoms with van der Waals surface area (Å²) in [6.07, 6.45) is -0.615. The number of carbonyl (C=O) groups is 1. The van der Waals surface area contributed by atoms with Crippen LogP contribution in [0.15, 0.2) is 23.4 Å². The Bertz CT molecular complexity index is 524. The Morgan fingerprint density at radius 1 is 1.38 bits per heavy atom. The molecule has 1 unspecified atom stereocenters. The molecule has 0 saturated heterocycles. The molecule has 0 aromatic heterocycles. The second-order valence-corrected chi connectivity index (χ2v) is 5.58. The average molecular weight is 292 g/mol. The van der Waals surface area contributed by atoms with Crippen molar-refractivity contribution in [2.24, 2.45) is 11.1 Å². The lowest BCUT2D eigenvalue weighted by Gasteiger charge is -2.18. The van der Waals surface area contributed by atoms with Gasteiger partial charge in [-0.3, -0.25) is 4.79 Å². The second-order valence-electron chi connectivity index (χ2n) is 5.58. The molecule has 1 atom stereocenters. The first-order valence-corrected chi connectivity index (χ1v) is 7.09. The number of ether oxygens (including phenoxy) is 1. The smallest absolute Gasteiger partial charge is 0.260 e. The lowest BCUT2D eigenvalue weighted by molar-refractivity contribution is -0.127. The summed E-state index contributed by atoms with van der Waals surface area (Å²) in [5, 5.41) is 15.0. The van der Waals surface area contributed by atoms with Crippen molar-refractivity contribution in [3.8, 4) is 5.75 Å². The van der Waals surface area contributed by atoms with Crippen LogP contribution in [0.2, 0.25) is 0 Å². The lowest BCUT2D eigenvalue weighted by Crippen LogP contribution is -2.38. The first-order chi connectivity index (χ1) is 9.85. The van der Waals surface area contributed by atoms with Crippen molar-refractivity contribution in [3.05, 3.63) is 29.3 Å². The maximum Gasteiger partial charge on any atom is 0.260 e. The molecule has 0 heterocycles. The fraction of sp³-hybridized carbons (Fsp3) is 0.500. The third-order valence-electron chi connectivity index (χ3n) is 3.03. The van der Waals surface area contributed by atoms with Crippen LogP contribution >= 0.6 is 0 Å². The third kappa shape index (κ3) is 5.10. The van der Waals surface area contributed by atoms with Crippen molar-refractivity contribution in [1.82, 2.24) is 5.32 Å². The van der Waals surface area contributed by atoms with E-state index < -0.39 is 6.10 Å². The van der Waals surface area contributed by atoms with Gasteiger partial charge in [0.05, 0.1) is 5.71 Å². The van der Waals surface area contributed by atoms with Gasteiger partial charge < -0.3 is 15.3 Å². The number of oxime groups is 1. The SMILES string of the molecule is CC(=NO)c1ccc(C)cc1OC(C)C(=O)NCC(C)C. The van der Waals surface area contributed by atoms with Gasteiger partial charge in [0.25, 0.3) is 5.91 Å². The van der Waals surface area contributed by atoms with Gasteiger partial charge in [-0.15, -0.1) is 0 Å². The van der Waals surface area contributed by atoms with E-state index in [0.29, 0.717) is 29.5 Å². The molecule has 1 amide bonds. The monoisotopic (exact) mass is 292 g/mol. The quantitative estimate of drug-likeness (QED) is 0.481. The fourth-order valence-corrected chi connectivity index (χ4v) is 1.77. The molecule has 0 spiro atoms. The Kier molecular flexibility index (Phi) is 6.21. The molecule has 1 aromatic rings. The average Bonchev–Trinajstić information content (AvgIpc) is 2.43. The highest BCUT2D eigenvalue weighted by Gasteiger charge is 2.17. The predicted molar refractivity (Wildman–Crippen MR) is 83.1 cm³/mol. The van der Waals surface area contributed by atoms with Gasteiger partial charge in [0.1, 0.15) is 5.75 Å². The number of hydrogen-bond donors (Lipinski definition) is 2. The summed E-state index contributed by atoms with van der Waals surface area (Å²) >= 11 is 0. The minimum Gasteiger partial charge on any atom is -0.480 e. The molecule has 0 bridgehead atoms. The zero-order valence-corrected chi connectivity index (χ0v) is 13.3. The molecule has 1 aromatic carbocycles. The molecule has 0 saturated carbocycles. The number of nitrogens with zero attached hydrogens (tertiary/aromatic N) is 1. The molecule has 0 radical (unpaired) electrons. The van der Waals surface area contributed by atoms with Crippen LogP contribution in [0.3, 0.4) is 0 Å². The maximum absolute atomic E-state index is 12.0. The fourth-order valence-electron chi connectivity index (χ4n) is 1.77. The van der Waals surface area contributed by atoms with Gasteiger partial charge in [-0.2, -0.15) is 0 Å². The molecule has 0 aliphatic rings. The Labute approximate surface area is 126 Å². The van der Waals surface area contributed by atoms with Gasteiger partial charge in [0.15, 0.2) is 6.10 Å². The van der Waals surface area contributed by atoms with E-state index in [4.69, 9.17) is 9.94 Å². The van der Waals surface area contributed by atoms with E-state index in [1.54, 1.807) is 13.8 Å². The van der Waals surface area contributed by atoms with Gasteiger partial charge in [0.2, 0.25) is 0 Å². The summed E-state index contributed by atoms with van der Waals surface area (Å²) in [5.41, 5.74) is 2.13. The summed E-state index contributed by atoms with van der Waals surface area (Å²) in [6, 6.07) is 5.55. The van der Waals surface area contributed by atoms with Crippen LogP contribution in [0.25, 0.3) is 0 Å². The highest BCUT2D eigenvalue weighted by molar-refractivity contribution is 6.00. The Morgan fingerprint density at radius 3 is 2.62 bits per heavy atom. The van der Waals surface area contributed by atoms with Crippen molar-refractivity contribution >= 4 is 11.6 Å². The molecule has 0 aliphatic heterocycles. The highest BCUT2D eigenvalue weighted by atomic mass is 16.5. The number of carbonyl (C=O) groups excluding carboxylic acids is 1.